The van der Waals surface area contributed by atoms with Crippen molar-refractivity contribution >= 4 is 11.5 Å². The molecule has 0 saturated carbocycles. The first-order valence-corrected chi connectivity index (χ1v) is 8.10. The van der Waals surface area contributed by atoms with Gasteiger partial charge in [-0.05, 0) is 35.8 Å². The molecule has 2 aromatic carbocycles. The zero-order valence-electron chi connectivity index (χ0n) is 13.7. The first-order chi connectivity index (χ1) is 11.8. The van der Waals surface area contributed by atoms with E-state index in [1.165, 1.54) is 0 Å². The average molecular weight is 323 g/mol. The molecule has 0 aliphatic carbocycles. The summed E-state index contributed by atoms with van der Waals surface area (Å²) in [5, 5.41) is 2.65. The van der Waals surface area contributed by atoms with Crippen LogP contribution in [0.4, 0.5) is 0 Å². The Bertz CT molecular complexity index is 738. The summed E-state index contributed by atoms with van der Waals surface area (Å²) in [6.45, 7) is 1.05. The molecule has 0 radical (unpaired) electrons. The Kier molecular flexibility index (Phi) is 5.16. The predicted molar refractivity (Wildman–Crippen MR) is 94.0 cm³/mol. The van der Waals surface area contributed by atoms with Crippen LogP contribution in [0.15, 0.2) is 54.6 Å². The largest absolute Gasteiger partial charge is 0.489 e. The molecule has 1 aliphatic heterocycles. The number of fused-ring (bicyclic) bond motifs is 1. The molecule has 0 fully saturated rings. The number of amides is 1. The van der Waals surface area contributed by atoms with E-state index in [2.05, 4.69) is 5.32 Å². The van der Waals surface area contributed by atoms with Crippen molar-refractivity contribution in [3.05, 3.63) is 65.7 Å². The second-order valence-electron chi connectivity index (χ2n) is 5.65. The van der Waals surface area contributed by atoms with Crippen LogP contribution >= 0.6 is 0 Å². The molecular weight excluding hydrogens is 302 g/mol. The minimum Gasteiger partial charge on any atom is -0.489 e. The number of carbonyl (C=O) groups is 1. The molecule has 1 aliphatic rings. The van der Waals surface area contributed by atoms with Crippen LogP contribution in [0.3, 0.4) is 0 Å². The van der Waals surface area contributed by atoms with Gasteiger partial charge in [0, 0.05) is 25.1 Å². The van der Waals surface area contributed by atoms with Crippen molar-refractivity contribution in [1.29, 1.82) is 0 Å². The first-order valence-electron chi connectivity index (χ1n) is 8.10. The Balaban J connectivity index is 1.67. The number of ether oxygens (including phenoxy) is 2. The highest BCUT2D eigenvalue weighted by atomic mass is 16.5. The molecular formula is C20H21NO3. The van der Waals surface area contributed by atoms with Crippen LogP contribution in [0.25, 0.3) is 5.57 Å². The summed E-state index contributed by atoms with van der Waals surface area (Å²) >= 11 is 0. The zero-order valence-corrected chi connectivity index (χ0v) is 13.7. The lowest BCUT2D eigenvalue weighted by molar-refractivity contribution is -0.120. The van der Waals surface area contributed by atoms with Gasteiger partial charge in [0.05, 0.1) is 0 Å². The van der Waals surface area contributed by atoms with Gasteiger partial charge in [0.15, 0.2) is 0 Å². The van der Waals surface area contributed by atoms with E-state index in [9.17, 15) is 4.79 Å². The lowest BCUT2D eigenvalue weighted by Crippen LogP contribution is -2.17. The van der Waals surface area contributed by atoms with Crippen molar-refractivity contribution in [1.82, 2.24) is 5.32 Å². The third-order valence-corrected chi connectivity index (χ3v) is 4.02. The summed E-state index contributed by atoms with van der Waals surface area (Å²) in [4.78, 5) is 11.5. The van der Waals surface area contributed by atoms with Gasteiger partial charge in [0.25, 0.3) is 0 Å². The van der Waals surface area contributed by atoms with Gasteiger partial charge in [-0.1, -0.05) is 30.3 Å². The molecule has 0 spiro atoms. The molecule has 0 unspecified atom stereocenters. The van der Waals surface area contributed by atoms with E-state index in [4.69, 9.17) is 9.47 Å². The molecule has 124 valence electrons. The summed E-state index contributed by atoms with van der Waals surface area (Å²) in [7, 11) is 1.66. The fourth-order valence-electron chi connectivity index (χ4n) is 2.67. The third-order valence-electron chi connectivity index (χ3n) is 4.02. The number of hydrogen-bond donors (Lipinski definition) is 1. The first kappa shape index (κ1) is 16.1. The number of rotatable bonds is 6. The van der Waals surface area contributed by atoms with E-state index < -0.39 is 0 Å². The van der Waals surface area contributed by atoms with Crippen LogP contribution in [-0.4, -0.2) is 19.6 Å². The minimum atomic E-state index is 0.0479. The Morgan fingerprint density at radius 1 is 1.21 bits per heavy atom. The fraction of sp³-hybridized carbons (Fsp3) is 0.250. The van der Waals surface area contributed by atoms with Crippen molar-refractivity contribution in [2.45, 2.75) is 19.4 Å². The van der Waals surface area contributed by atoms with E-state index in [1.807, 2.05) is 54.6 Å². The highest BCUT2D eigenvalue weighted by Crippen LogP contribution is 2.35. The Hall–Kier alpha value is -2.75. The summed E-state index contributed by atoms with van der Waals surface area (Å²) in [5.41, 5.74) is 3.31. The van der Waals surface area contributed by atoms with Gasteiger partial charge in [-0.25, -0.2) is 0 Å². The highest BCUT2D eigenvalue weighted by molar-refractivity contribution is 5.80. The number of hydrogen-bond acceptors (Lipinski definition) is 3. The van der Waals surface area contributed by atoms with Crippen molar-refractivity contribution in [2.75, 3.05) is 13.7 Å². The van der Waals surface area contributed by atoms with Gasteiger partial charge in [-0.2, -0.15) is 0 Å². The maximum Gasteiger partial charge on any atom is 0.220 e. The van der Waals surface area contributed by atoms with Crippen LogP contribution in [-0.2, 0) is 11.4 Å². The van der Waals surface area contributed by atoms with Gasteiger partial charge in [0.1, 0.15) is 24.7 Å². The second-order valence-corrected chi connectivity index (χ2v) is 5.65. The zero-order chi connectivity index (χ0) is 16.8. The van der Waals surface area contributed by atoms with E-state index in [0.29, 0.717) is 26.1 Å². The average Bonchev–Trinajstić information content (AvgIpc) is 2.65. The van der Waals surface area contributed by atoms with Crippen LogP contribution < -0.4 is 14.8 Å². The standard InChI is InChI=1S/C20H21NO3/c1-21-20(22)10-7-16-11-12-23-19-13-17(8-9-18(16)19)24-14-15-5-3-2-4-6-15/h2-6,8-9,11,13H,7,10,12,14H2,1H3,(H,21,22). The van der Waals surface area contributed by atoms with E-state index in [1.54, 1.807) is 7.05 Å². The SMILES string of the molecule is CNC(=O)CCC1=CCOc2cc(OCc3ccccc3)ccc21. The molecule has 0 aromatic heterocycles. The van der Waals surface area contributed by atoms with Gasteiger partial charge in [0.2, 0.25) is 5.91 Å². The van der Waals surface area contributed by atoms with Gasteiger partial charge in [-0.3, -0.25) is 4.79 Å². The maximum absolute atomic E-state index is 11.5. The number of allylic oxidation sites excluding steroid dienone is 1. The molecule has 4 nitrogen and oxygen atoms in total. The number of nitrogens with one attached hydrogen (secondary N) is 1. The van der Waals surface area contributed by atoms with E-state index >= 15 is 0 Å². The molecule has 0 bridgehead atoms. The fourth-order valence-corrected chi connectivity index (χ4v) is 2.67. The van der Waals surface area contributed by atoms with Crippen molar-refractivity contribution in [3.63, 3.8) is 0 Å². The summed E-state index contributed by atoms with van der Waals surface area (Å²) in [5.74, 6) is 1.65. The lowest BCUT2D eigenvalue weighted by Gasteiger charge is -2.19. The van der Waals surface area contributed by atoms with Gasteiger partial charge < -0.3 is 14.8 Å². The smallest absolute Gasteiger partial charge is 0.220 e. The normalized spacial score (nSPS) is 12.6. The van der Waals surface area contributed by atoms with Crippen LogP contribution in [0.2, 0.25) is 0 Å². The monoisotopic (exact) mass is 323 g/mol. The van der Waals surface area contributed by atoms with Crippen molar-refractivity contribution in [2.24, 2.45) is 0 Å². The molecule has 0 saturated heterocycles. The summed E-state index contributed by atoms with van der Waals surface area (Å²) in [6, 6.07) is 15.9. The van der Waals surface area contributed by atoms with Gasteiger partial charge >= 0.3 is 0 Å². The van der Waals surface area contributed by atoms with Crippen LogP contribution in [0.1, 0.15) is 24.0 Å². The molecule has 1 N–H and O–H groups in total. The molecule has 1 amide bonds. The Morgan fingerprint density at radius 2 is 2.04 bits per heavy atom. The third kappa shape index (κ3) is 3.96. The predicted octanol–water partition coefficient (Wildman–Crippen LogP) is 3.57. The van der Waals surface area contributed by atoms with Crippen molar-refractivity contribution < 1.29 is 14.3 Å². The molecule has 3 rings (SSSR count). The molecule has 4 heteroatoms. The Labute approximate surface area is 142 Å². The summed E-state index contributed by atoms with van der Waals surface area (Å²) < 4.78 is 11.6. The molecule has 1 heterocycles. The molecule has 0 atom stereocenters. The second kappa shape index (κ2) is 7.68. The van der Waals surface area contributed by atoms with Crippen LogP contribution in [0, 0.1) is 0 Å². The Morgan fingerprint density at radius 3 is 2.83 bits per heavy atom. The topological polar surface area (TPSA) is 47.6 Å². The lowest BCUT2D eigenvalue weighted by atomic mass is 9.98. The summed E-state index contributed by atoms with van der Waals surface area (Å²) in [6.07, 6.45) is 3.23. The minimum absolute atomic E-state index is 0.0479. The van der Waals surface area contributed by atoms with E-state index in [0.717, 1.165) is 28.2 Å². The van der Waals surface area contributed by atoms with Crippen molar-refractivity contribution in [3.8, 4) is 11.5 Å². The highest BCUT2D eigenvalue weighted by Gasteiger charge is 2.15. The van der Waals surface area contributed by atoms with E-state index in [-0.39, 0.29) is 5.91 Å². The van der Waals surface area contributed by atoms with Crippen LogP contribution in [0.5, 0.6) is 11.5 Å². The number of benzene rings is 2. The quantitative estimate of drug-likeness (QED) is 0.884. The maximum atomic E-state index is 11.5. The molecule has 2 aromatic rings. The molecule has 24 heavy (non-hydrogen) atoms. The number of carbonyl (C=O) groups excluding carboxylic acids is 1. The van der Waals surface area contributed by atoms with Gasteiger partial charge in [-0.15, -0.1) is 0 Å².